The summed E-state index contributed by atoms with van der Waals surface area (Å²) in [5.74, 6) is 1.95. The van der Waals surface area contributed by atoms with Gasteiger partial charge in [-0.05, 0) is 18.6 Å². The van der Waals surface area contributed by atoms with Crippen LogP contribution in [0, 0.1) is 11.3 Å². The number of benzene rings is 1. The minimum Gasteiger partial charge on any atom is -0.506 e. The van der Waals surface area contributed by atoms with Gasteiger partial charge in [-0.1, -0.05) is 26.0 Å². The molecule has 0 aromatic heterocycles. The van der Waals surface area contributed by atoms with E-state index in [-0.39, 0.29) is 29.4 Å². The van der Waals surface area contributed by atoms with Crippen LogP contribution in [-0.2, 0) is 4.74 Å². The standard InChI is InChI=1S/C20H30N4O2.HI/c1-20(2)17(14-8-13-26-18(14)20)22-19(21-3)24-11-9-23(10-12-24)15-6-4-5-7-16(15)25;/h4-7,14,17-18,25H,8-13H2,1-3H3,(H,21,22);1H. The molecule has 150 valence electrons. The van der Waals surface area contributed by atoms with Gasteiger partial charge >= 0.3 is 0 Å². The predicted molar refractivity (Wildman–Crippen MR) is 119 cm³/mol. The van der Waals surface area contributed by atoms with E-state index in [1.54, 1.807) is 6.07 Å². The highest BCUT2D eigenvalue weighted by atomic mass is 127. The van der Waals surface area contributed by atoms with Crippen LogP contribution in [0.15, 0.2) is 29.3 Å². The molecular formula is C20H31IN4O2. The first kappa shape index (κ1) is 20.5. The van der Waals surface area contributed by atoms with Crippen molar-refractivity contribution in [3.63, 3.8) is 0 Å². The van der Waals surface area contributed by atoms with Gasteiger partial charge < -0.3 is 25.0 Å². The highest BCUT2D eigenvalue weighted by Crippen LogP contribution is 2.52. The summed E-state index contributed by atoms with van der Waals surface area (Å²) >= 11 is 0. The molecule has 27 heavy (non-hydrogen) atoms. The Morgan fingerprint density at radius 3 is 2.59 bits per heavy atom. The second-order valence-corrected chi connectivity index (χ2v) is 8.20. The van der Waals surface area contributed by atoms with Gasteiger partial charge in [0.25, 0.3) is 0 Å². The van der Waals surface area contributed by atoms with Crippen molar-refractivity contribution in [3.8, 4) is 5.75 Å². The smallest absolute Gasteiger partial charge is 0.194 e. The topological polar surface area (TPSA) is 60.3 Å². The Balaban J connectivity index is 0.00000210. The summed E-state index contributed by atoms with van der Waals surface area (Å²) in [6, 6.07) is 7.99. The number of fused-ring (bicyclic) bond motifs is 1. The number of guanidine groups is 1. The van der Waals surface area contributed by atoms with Crippen molar-refractivity contribution in [3.05, 3.63) is 24.3 Å². The molecule has 0 amide bonds. The monoisotopic (exact) mass is 486 g/mol. The van der Waals surface area contributed by atoms with Crippen LogP contribution in [0.2, 0.25) is 0 Å². The predicted octanol–water partition coefficient (Wildman–Crippen LogP) is 2.52. The first-order valence-corrected chi connectivity index (χ1v) is 9.65. The van der Waals surface area contributed by atoms with E-state index in [9.17, 15) is 5.11 Å². The zero-order valence-corrected chi connectivity index (χ0v) is 18.7. The summed E-state index contributed by atoms with van der Waals surface area (Å²) in [7, 11) is 1.87. The number of nitrogens with one attached hydrogen (secondary N) is 1. The fraction of sp³-hybridized carbons (Fsp3) is 0.650. The summed E-state index contributed by atoms with van der Waals surface area (Å²) in [6.07, 6.45) is 1.53. The number of ether oxygens (including phenoxy) is 1. The zero-order chi connectivity index (χ0) is 18.3. The largest absolute Gasteiger partial charge is 0.506 e. The summed E-state index contributed by atoms with van der Waals surface area (Å²) in [5.41, 5.74) is 1.07. The summed E-state index contributed by atoms with van der Waals surface area (Å²) in [6.45, 7) is 9.01. The van der Waals surface area contributed by atoms with Crippen molar-refractivity contribution in [2.75, 3.05) is 44.7 Å². The highest BCUT2D eigenvalue weighted by Gasteiger charge is 2.59. The molecule has 2 aliphatic heterocycles. The van der Waals surface area contributed by atoms with E-state index < -0.39 is 0 Å². The van der Waals surface area contributed by atoms with Crippen LogP contribution in [0.4, 0.5) is 5.69 Å². The number of aliphatic imine (C=N–C) groups is 1. The van der Waals surface area contributed by atoms with Gasteiger partial charge in [0.2, 0.25) is 0 Å². The van der Waals surface area contributed by atoms with Crippen molar-refractivity contribution in [2.24, 2.45) is 16.3 Å². The fourth-order valence-electron chi connectivity index (χ4n) is 4.94. The number of aromatic hydroxyl groups is 1. The van der Waals surface area contributed by atoms with Crippen molar-refractivity contribution < 1.29 is 9.84 Å². The third-order valence-corrected chi connectivity index (χ3v) is 6.40. The Labute approximate surface area is 179 Å². The van der Waals surface area contributed by atoms with Gasteiger partial charge in [0.1, 0.15) is 5.75 Å². The third-order valence-electron chi connectivity index (χ3n) is 6.40. The van der Waals surface area contributed by atoms with Crippen molar-refractivity contribution in [1.82, 2.24) is 10.2 Å². The zero-order valence-electron chi connectivity index (χ0n) is 16.4. The Hall–Kier alpha value is -1.22. The molecule has 1 aromatic carbocycles. The van der Waals surface area contributed by atoms with E-state index in [0.29, 0.717) is 23.8 Å². The van der Waals surface area contributed by atoms with Gasteiger partial charge in [-0.2, -0.15) is 0 Å². The molecule has 2 heterocycles. The van der Waals surface area contributed by atoms with Gasteiger partial charge in [0.15, 0.2) is 5.96 Å². The lowest BCUT2D eigenvalue weighted by atomic mass is 9.57. The van der Waals surface area contributed by atoms with Crippen molar-refractivity contribution in [1.29, 1.82) is 0 Å². The van der Waals surface area contributed by atoms with E-state index in [2.05, 4.69) is 34.0 Å². The molecule has 0 spiro atoms. The second kappa shape index (κ2) is 8.03. The number of phenolic OH excluding ortho intramolecular Hbond substituents is 1. The maximum atomic E-state index is 10.1. The van der Waals surface area contributed by atoms with Crippen LogP contribution < -0.4 is 10.2 Å². The lowest BCUT2D eigenvalue weighted by Gasteiger charge is -2.55. The number of phenols is 1. The first-order valence-electron chi connectivity index (χ1n) is 9.65. The van der Waals surface area contributed by atoms with Crippen LogP contribution in [0.3, 0.4) is 0 Å². The number of para-hydroxylation sites is 2. The molecule has 0 bridgehead atoms. The second-order valence-electron chi connectivity index (χ2n) is 8.20. The number of halogens is 1. The first-order chi connectivity index (χ1) is 12.5. The van der Waals surface area contributed by atoms with Gasteiger partial charge in [-0.25, -0.2) is 0 Å². The normalized spacial score (nSPS) is 29.6. The van der Waals surface area contributed by atoms with Crippen molar-refractivity contribution in [2.45, 2.75) is 32.4 Å². The molecule has 6 nitrogen and oxygen atoms in total. The van der Waals surface area contributed by atoms with E-state index in [0.717, 1.165) is 50.9 Å². The molecule has 1 aliphatic carbocycles. The van der Waals surface area contributed by atoms with Crippen LogP contribution in [-0.4, -0.2) is 67.9 Å². The Kier molecular flexibility index (Phi) is 6.10. The Morgan fingerprint density at radius 1 is 1.22 bits per heavy atom. The van der Waals surface area contributed by atoms with Gasteiger partial charge in [0, 0.05) is 57.2 Å². The van der Waals surface area contributed by atoms with Gasteiger partial charge in [-0.3, -0.25) is 4.99 Å². The lowest BCUT2D eigenvalue weighted by molar-refractivity contribution is -0.107. The Morgan fingerprint density at radius 2 is 1.93 bits per heavy atom. The lowest BCUT2D eigenvalue weighted by Crippen LogP contribution is -2.68. The molecule has 2 N–H and O–H groups in total. The number of hydrogen-bond donors (Lipinski definition) is 2. The van der Waals surface area contributed by atoms with E-state index in [1.807, 2.05) is 25.2 Å². The minimum absolute atomic E-state index is 0. The Bertz CT molecular complexity index is 688. The van der Waals surface area contributed by atoms with Crippen molar-refractivity contribution >= 4 is 35.6 Å². The number of hydrogen-bond acceptors (Lipinski definition) is 4. The molecule has 3 atom stereocenters. The van der Waals surface area contributed by atoms with E-state index >= 15 is 0 Å². The number of anilines is 1. The summed E-state index contributed by atoms with van der Waals surface area (Å²) in [5, 5.41) is 13.8. The number of rotatable bonds is 2. The maximum absolute atomic E-state index is 10.1. The maximum Gasteiger partial charge on any atom is 0.194 e. The van der Waals surface area contributed by atoms with E-state index in [4.69, 9.17) is 4.74 Å². The molecule has 1 saturated carbocycles. The average molecular weight is 486 g/mol. The molecule has 7 heteroatoms. The summed E-state index contributed by atoms with van der Waals surface area (Å²) < 4.78 is 5.91. The SMILES string of the molecule is CN=C(NC1C2CCOC2C1(C)C)N1CCN(c2ccccc2O)CC1.I. The van der Waals surface area contributed by atoms with Crippen LogP contribution >= 0.6 is 24.0 Å². The number of piperazine rings is 1. The van der Waals surface area contributed by atoms with Crippen LogP contribution in [0.5, 0.6) is 5.75 Å². The molecule has 3 fully saturated rings. The average Bonchev–Trinajstić information content (AvgIpc) is 3.10. The minimum atomic E-state index is 0. The molecule has 4 rings (SSSR count). The molecule has 3 aliphatic rings. The van der Waals surface area contributed by atoms with E-state index in [1.165, 1.54) is 0 Å². The molecule has 1 aromatic rings. The molecule has 3 unspecified atom stereocenters. The van der Waals surface area contributed by atoms with Crippen LogP contribution in [0.25, 0.3) is 0 Å². The third kappa shape index (κ3) is 3.60. The van der Waals surface area contributed by atoms with Crippen LogP contribution in [0.1, 0.15) is 20.3 Å². The summed E-state index contributed by atoms with van der Waals surface area (Å²) in [4.78, 5) is 9.12. The fourth-order valence-corrected chi connectivity index (χ4v) is 4.94. The molecule has 2 saturated heterocycles. The molecular weight excluding hydrogens is 455 g/mol. The quantitative estimate of drug-likeness (QED) is 0.383. The molecule has 0 radical (unpaired) electrons. The highest BCUT2D eigenvalue weighted by molar-refractivity contribution is 14.0. The number of nitrogens with zero attached hydrogens (tertiary/aromatic N) is 3. The van der Waals surface area contributed by atoms with Gasteiger partial charge in [-0.15, -0.1) is 24.0 Å². The van der Waals surface area contributed by atoms with Gasteiger partial charge in [0.05, 0.1) is 11.8 Å².